The average Bonchev–Trinajstić information content (AvgIpc) is 3.44. The number of benzene rings is 2. The van der Waals surface area contributed by atoms with Gasteiger partial charge in [0, 0.05) is 37.1 Å². The summed E-state index contributed by atoms with van der Waals surface area (Å²) in [5.41, 5.74) is -1.14. The molecule has 5 heterocycles. The van der Waals surface area contributed by atoms with Crippen LogP contribution in [-0.2, 0) is 4.74 Å². The Bertz CT molecular complexity index is 1760. The molecule has 7 rings (SSSR count). The number of aromatic hydroxyl groups is 1. The minimum absolute atomic E-state index is 0.0251. The van der Waals surface area contributed by atoms with Crippen molar-refractivity contribution >= 4 is 34.8 Å². The molecular formula is C33H32F3N5O4. The number of anilines is 1. The lowest BCUT2D eigenvalue weighted by molar-refractivity contribution is 0.105. The second-order valence-electron chi connectivity index (χ2n) is 11.9. The van der Waals surface area contributed by atoms with Crippen molar-refractivity contribution < 1.29 is 32.5 Å². The second kappa shape index (κ2) is 11.5. The minimum Gasteiger partial charge on any atom is -0.508 e. The zero-order chi connectivity index (χ0) is 31.3. The molecule has 0 amide bonds. The summed E-state index contributed by atoms with van der Waals surface area (Å²) in [5, 5.41) is 11.1. The summed E-state index contributed by atoms with van der Waals surface area (Å²) in [6, 6.07) is 5.01. The highest BCUT2D eigenvalue weighted by atomic mass is 19.1. The maximum Gasteiger partial charge on any atom is 0.319 e. The Hall–Kier alpha value is -4.34. The molecule has 2 aromatic carbocycles. The van der Waals surface area contributed by atoms with E-state index in [9.17, 15) is 13.9 Å². The number of hydrogen-bond acceptors (Lipinski definition) is 9. The van der Waals surface area contributed by atoms with Crippen LogP contribution in [0.4, 0.5) is 19.0 Å². The maximum atomic E-state index is 17.0. The molecule has 0 bridgehead atoms. The van der Waals surface area contributed by atoms with E-state index >= 15 is 4.39 Å². The summed E-state index contributed by atoms with van der Waals surface area (Å²) in [5.74, 6) is 0.902. The quantitative estimate of drug-likeness (QED) is 0.308. The Morgan fingerprint density at radius 3 is 2.93 bits per heavy atom. The summed E-state index contributed by atoms with van der Waals surface area (Å²) >= 11 is 0. The molecule has 0 spiro atoms. The minimum atomic E-state index is -0.956. The molecule has 3 aromatic rings. The standard InChI is InChI=1S/C33H32F3N5O4/c1-3-23-25(35)7-6-19-12-22(42)13-24(26(19)23)28(37-2)27(36)29-30-31(41-10-5-11-43-16-21(41)17-44-30)39-32(38-29)45-18-33-8-4-9-40(33)15-20(34)14-33/h1,6-7,12-13,20-21,42H,2,4-5,8-11,14-18H2/b28-27+/t20-,21+,33+/m1/s1. The van der Waals surface area contributed by atoms with Gasteiger partial charge in [-0.1, -0.05) is 12.0 Å². The topological polar surface area (TPSA) is 92.5 Å². The average molecular weight is 620 g/mol. The number of hydrogen-bond donors (Lipinski definition) is 1. The van der Waals surface area contributed by atoms with E-state index < -0.39 is 23.4 Å². The molecule has 0 aliphatic carbocycles. The highest BCUT2D eigenvalue weighted by Crippen LogP contribution is 2.45. The number of alkyl halides is 1. The maximum absolute atomic E-state index is 17.0. The number of phenolic OH excluding ortho intramolecular Hbond substituents is 1. The molecule has 45 heavy (non-hydrogen) atoms. The number of aromatic nitrogens is 2. The van der Waals surface area contributed by atoms with Gasteiger partial charge in [0.2, 0.25) is 0 Å². The fraction of sp³-hybridized carbons (Fsp3) is 0.424. The summed E-state index contributed by atoms with van der Waals surface area (Å²) in [6.07, 6.45) is 7.48. The SMILES string of the molecule is C#Cc1c(F)ccc2cc(O)cc(/C(N=C)=C(\F)c3nc(OC[C@@]45CCCN4C[C@H](F)C5)nc4c3OC[C@@H]3COCCCN43)c12. The first-order valence-corrected chi connectivity index (χ1v) is 15.0. The molecule has 3 fully saturated rings. The van der Waals surface area contributed by atoms with Crippen LogP contribution in [0, 0.1) is 18.2 Å². The summed E-state index contributed by atoms with van der Waals surface area (Å²) < 4.78 is 64.2. The van der Waals surface area contributed by atoms with Crippen LogP contribution in [0.15, 0.2) is 29.3 Å². The van der Waals surface area contributed by atoms with Crippen molar-refractivity contribution in [2.45, 2.75) is 43.4 Å². The van der Waals surface area contributed by atoms with E-state index in [1.54, 1.807) is 0 Å². The molecule has 0 radical (unpaired) electrons. The summed E-state index contributed by atoms with van der Waals surface area (Å²) in [7, 11) is 0. The van der Waals surface area contributed by atoms with Gasteiger partial charge in [-0.3, -0.25) is 9.89 Å². The lowest BCUT2D eigenvalue weighted by Crippen LogP contribution is -2.46. The second-order valence-corrected chi connectivity index (χ2v) is 11.9. The Balaban J connectivity index is 1.38. The molecule has 4 aliphatic rings. The van der Waals surface area contributed by atoms with Gasteiger partial charge >= 0.3 is 6.01 Å². The highest BCUT2D eigenvalue weighted by molar-refractivity contribution is 6.03. The number of aliphatic imine (C=N–C) groups is 1. The van der Waals surface area contributed by atoms with Gasteiger partial charge in [-0.05, 0) is 56.1 Å². The first-order chi connectivity index (χ1) is 21.8. The first kappa shape index (κ1) is 29.4. The van der Waals surface area contributed by atoms with Crippen molar-refractivity contribution in [3.05, 3.63) is 46.9 Å². The van der Waals surface area contributed by atoms with Gasteiger partial charge in [-0.15, -0.1) is 6.42 Å². The van der Waals surface area contributed by atoms with E-state index in [0.717, 1.165) is 25.8 Å². The number of fused-ring (bicyclic) bond motifs is 5. The molecule has 1 aromatic heterocycles. The first-order valence-electron chi connectivity index (χ1n) is 15.0. The zero-order valence-electron chi connectivity index (χ0n) is 24.6. The Morgan fingerprint density at radius 1 is 1.24 bits per heavy atom. The van der Waals surface area contributed by atoms with Crippen molar-refractivity contribution in [1.29, 1.82) is 0 Å². The predicted molar refractivity (Wildman–Crippen MR) is 164 cm³/mol. The van der Waals surface area contributed by atoms with E-state index in [-0.39, 0.29) is 64.7 Å². The number of halogens is 3. The van der Waals surface area contributed by atoms with E-state index in [1.807, 2.05) is 4.90 Å². The lowest BCUT2D eigenvalue weighted by atomic mass is 9.95. The third-order valence-corrected chi connectivity index (χ3v) is 9.21. The van der Waals surface area contributed by atoms with Crippen molar-refractivity contribution in [1.82, 2.24) is 14.9 Å². The number of terminal acetylenes is 1. The molecule has 4 aliphatic heterocycles. The Morgan fingerprint density at radius 2 is 2.11 bits per heavy atom. The molecule has 1 N–H and O–H groups in total. The third-order valence-electron chi connectivity index (χ3n) is 9.21. The third kappa shape index (κ3) is 5.04. The van der Waals surface area contributed by atoms with E-state index in [2.05, 4.69) is 32.5 Å². The van der Waals surface area contributed by atoms with Gasteiger partial charge in [0.25, 0.3) is 0 Å². The molecule has 12 heteroatoms. The largest absolute Gasteiger partial charge is 0.508 e. The molecule has 9 nitrogen and oxygen atoms in total. The number of ether oxygens (including phenoxy) is 3. The lowest BCUT2D eigenvalue weighted by Gasteiger charge is -2.36. The van der Waals surface area contributed by atoms with Gasteiger partial charge in [0.15, 0.2) is 23.1 Å². The van der Waals surface area contributed by atoms with Gasteiger partial charge in [0.1, 0.15) is 36.6 Å². The van der Waals surface area contributed by atoms with Crippen LogP contribution >= 0.6 is 0 Å². The highest BCUT2D eigenvalue weighted by Gasteiger charge is 2.49. The van der Waals surface area contributed by atoms with Crippen LogP contribution in [-0.4, -0.2) is 90.5 Å². The van der Waals surface area contributed by atoms with Gasteiger partial charge in [-0.25, -0.2) is 13.2 Å². The fourth-order valence-electron chi connectivity index (χ4n) is 7.17. The van der Waals surface area contributed by atoms with E-state index in [4.69, 9.17) is 20.6 Å². The number of phenols is 1. The molecule has 3 saturated heterocycles. The summed E-state index contributed by atoms with van der Waals surface area (Å²) in [4.78, 5) is 17.2. The zero-order valence-corrected chi connectivity index (χ0v) is 24.6. The number of nitrogens with zero attached hydrogens (tertiary/aromatic N) is 5. The molecular weight excluding hydrogens is 587 g/mol. The van der Waals surface area contributed by atoms with Crippen LogP contribution in [0.3, 0.4) is 0 Å². The summed E-state index contributed by atoms with van der Waals surface area (Å²) in [6.45, 7) is 6.60. The Kier molecular flexibility index (Phi) is 7.54. The van der Waals surface area contributed by atoms with Crippen molar-refractivity contribution in [2.24, 2.45) is 4.99 Å². The monoisotopic (exact) mass is 619 g/mol. The Labute approximate surface area is 258 Å². The van der Waals surface area contributed by atoms with Gasteiger partial charge in [-0.2, -0.15) is 9.97 Å². The van der Waals surface area contributed by atoms with E-state index in [1.165, 1.54) is 24.3 Å². The van der Waals surface area contributed by atoms with Crippen LogP contribution in [0.2, 0.25) is 0 Å². The van der Waals surface area contributed by atoms with Gasteiger partial charge in [0.05, 0.1) is 23.8 Å². The molecule has 0 saturated carbocycles. The van der Waals surface area contributed by atoms with Crippen LogP contribution in [0.5, 0.6) is 17.5 Å². The predicted octanol–water partition coefficient (Wildman–Crippen LogP) is 4.89. The van der Waals surface area contributed by atoms with Crippen molar-refractivity contribution in [3.8, 4) is 29.9 Å². The van der Waals surface area contributed by atoms with Crippen LogP contribution in [0.1, 0.15) is 42.5 Å². The normalized spacial score (nSPS) is 25.0. The number of rotatable bonds is 6. The van der Waals surface area contributed by atoms with E-state index in [0.29, 0.717) is 43.9 Å². The molecule has 234 valence electrons. The van der Waals surface area contributed by atoms with Crippen molar-refractivity contribution in [2.75, 3.05) is 51.0 Å². The van der Waals surface area contributed by atoms with Crippen LogP contribution < -0.4 is 14.4 Å². The van der Waals surface area contributed by atoms with Crippen LogP contribution in [0.25, 0.3) is 22.3 Å². The van der Waals surface area contributed by atoms with Crippen molar-refractivity contribution in [3.63, 3.8) is 0 Å². The molecule has 0 unspecified atom stereocenters. The van der Waals surface area contributed by atoms with Gasteiger partial charge < -0.3 is 24.2 Å². The molecule has 3 atom stereocenters. The fourth-order valence-corrected chi connectivity index (χ4v) is 7.17. The smallest absolute Gasteiger partial charge is 0.319 e.